The Morgan fingerprint density at radius 2 is 1.79 bits per heavy atom. The summed E-state index contributed by atoms with van der Waals surface area (Å²) >= 11 is 1.50. The standard InChI is InChI=1S/C24H24N4O4S/c1-16(29)25-11-12-32-21-9-5-18(6-10-21)26-23(30)13-19-15-33-24-27-22(14-28(19)24)17-3-7-20(31-2)8-4-17/h3-10,14-15H,11-13H2,1-2H3,(H,25,29)(H,26,30). The summed E-state index contributed by atoms with van der Waals surface area (Å²) in [5.74, 6) is 1.25. The van der Waals surface area contributed by atoms with Gasteiger partial charge in [0.15, 0.2) is 4.96 Å². The van der Waals surface area contributed by atoms with Gasteiger partial charge in [-0.1, -0.05) is 0 Å². The van der Waals surface area contributed by atoms with E-state index in [-0.39, 0.29) is 18.2 Å². The Kier molecular flexibility index (Phi) is 6.89. The van der Waals surface area contributed by atoms with Crippen LogP contribution in [0.5, 0.6) is 11.5 Å². The van der Waals surface area contributed by atoms with Crippen LogP contribution in [0.15, 0.2) is 60.1 Å². The summed E-state index contributed by atoms with van der Waals surface area (Å²) < 4.78 is 12.7. The molecule has 2 heterocycles. The Balaban J connectivity index is 1.35. The molecule has 170 valence electrons. The van der Waals surface area contributed by atoms with Crippen LogP contribution in [0.4, 0.5) is 5.69 Å². The number of nitrogens with zero attached hydrogens (tertiary/aromatic N) is 2. The minimum absolute atomic E-state index is 0.0905. The highest BCUT2D eigenvalue weighted by atomic mass is 32.1. The number of hydrogen-bond donors (Lipinski definition) is 2. The molecule has 0 fully saturated rings. The van der Waals surface area contributed by atoms with E-state index in [9.17, 15) is 9.59 Å². The summed E-state index contributed by atoms with van der Waals surface area (Å²) in [6, 6.07) is 14.9. The molecule has 2 aromatic heterocycles. The quantitative estimate of drug-likeness (QED) is 0.368. The smallest absolute Gasteiger partial charge is 0.230 e. The fourth-order valence-electron chi connectivity index (χ4n) is 3.26. The molecule has 4 rings (SSSR count). The molecular weight excluding hydrogens is 440 g/mol. The van der Waals surface area contributed by atoms with Crippen LogP contribution in [0.3, 0.4) is 0 Å². The van der Waals surface area contributed by atoms with Gasteiger partial charge in [0.1, 0.15) is 18.1 Å². The topological polar surface area (TPSA) is 94.0 Å². The molecule has 2 aromatic carbocycles. The fraction of sp³-hybridized carbons (Fsp3) is 0.208. The molecule has 0 atom stereocenters. The predicted molar refractivity (Wildman–Crippen MR) is 128 cm³/mol. The van der Waals surface area contributed by atoms with Crippen molar-refractivity contribution in [1.29, 1.82) is 0 Å². The molecule has 2 N–H and O–H groups in total. The van der Waals surface area contributed by atoms with Crippen molar-refractivity contribution < 1.29 is 19.1 Å². The van der Waals surface area contributed by atoms with Crippen LogP contribution in [-0.2, 0) is 16.0 Å². The average Bonchev–Trinajstić information content (AvgIpc) is 3.40. The maximum absolute atomic E-state index is 12.6. The number of carbonyl (C=O) groups excluding carboxylic acids is 2. The number of rotatable bonds is 9. The number of methoxy groups -OCH3 is 1. The first kappa shape index (κ1) is 22.3. The first-order valence-corrected chi connectivity index (χ1v) is 11.3. The summed E-state index contributed by atoms with van der Waals surface area (Å²) in [7, 11) is 1.64. The Morgan fingerprint density at radius 3 is 2.48 bits per heavy atom. The van der Waals surface area contributed by atoms with Crippen LogP contribution in [0.2, 0.25) is 0 Å². The molecular formula is C24H24N4O4S. The first-order chi connectivity index (χ1) is 16.0. The van der Waals surface area contributed by atoms with Crippen LogP contribution in [0, 0.1) is 0 Å². The van der Waals surface area contributed by atoms with Gasteiger partial charge in [0.25, 0.3) is 0 Å². The van der Waals surface area contributed by atoms with Gasteiger partial charge in [-0.05, 0) is 48.5 Å². The third kappa shape index (κ3) is 5.69. The van der Waals surface area contributed by atoms with E-state index in [4.69, 9.17) is 9.47 Å². The number of amides is 2. The summed E-state index contributed by atoms with van der Waals surface area (Å²) in [6.45, 7) is 2.28. The van der Waals surface area contributed by atoms with E-state index in [2.05, 4.69) is 15.6 Å². The molecule has 2 amide bonds. The molecule has 0 aliphatic carbocycles. The molecule has 0 saturated heterocycles. The lowest BCUT2D eigenvalue weighted by Crippen LogP contribution is -2.25. The predicted octanol–water partition coefficient (Wildman–Crippen LogP) is 3.77. The zero-order chi connectivity index (χ0) is 23.2. The lowest BCUT2D eigenvalue weighted by Gasteiger charge is -2.08. The molecule has 0 unspecified atom stereocenters. The van der Waals surface area contributed by atoms with Gasteiger partial charge < -0.3 is 20.1 Å². The number of benzene rings is 2. The lowest BCUT2D eigenvalue weighted by atomic mass is 10.2. The van der Waals surface area contributed by atoms with Gasteiger partial charge in [-0.15, -0.1) is 11.3 Å². The van der Waals surface area contributed by atoms with Gasteiger partial charge in [0, 0.05) is 35.4 Å². The van der Waals surface area contributed by atoms with Crippen molar-refractivity contribution in [3.8, 4) is 22.8 Å². The molecule has 0 spiro atoms. The third-order valence-electron chi connectivity index (χ3n) is 4.89. The number of carbonyl (C=O) groups is 2. The Bertz CT molecular complexity index is 1250. The Morgan fingerprint density at radius 1 is 1.06 bits per heavy atom. The molecule has 9 heteroatoms. The maximum Gasteiger partial charge on any atom is 0.230 e. The summed E-state index contributed by atoms with van der Waals surface area (Å²) in [6.07, 6.45) is 2.18. The van der Waals surface area contributed by atoms with E-state index in [1.54, 1.807) is 31.4 Å². The van der Waals surface area contributed by atoms with Gasteiger partial charge >= 0.3 is 0 Å². The Labute approximate surface area is 195 Å². The van der Waals surface area contributed by atoms with E-state index in [0.717, 1.165) is 27.7 Å². The van der Waals surface area contributed by atoms with Crippen LogP contribution < -0.4 is 20.1 Å². The SMILES string of the molecule is COc1ccc(-c2cn3c(CC(=O)Nc4ccc(OCCNC(C)=O)cc4)csc3n2)cc1. The van der Waals surface area contributed by atoms with Crippen LogP contribution >= 0.6 is 11.3 Å². The van der Waals surface area contributed by atoms with E-state index >= 15 is 0 Å². The molecule has 33 heavy (non-hydrogen) atoms. The molecule has 0 bridgehead atoms. The number of aromatic nitrogens is 2. The molecule has 0 aliphatic heterocycles. The van der Waals surface area contributed by atoms with Gasteiger partial charge in [-0.25, -0.2) is 4.98 Å². The van der Waals surface area contributed by atoms with Crippen LogP contribution in [-0.4, -0.2) is 41.5 Å². The van der Waals surface area contributed by atoms with Gasteiger partial charge in [0.2, 0.25) is 11.8 Å². The zero-order valence-electron chi connectivity index (χ0n) is 18.3. The molecule has 0 radical (unpaired) electrons. The Hall–Kier alpha value is -3.85. The highest BCUT2D eigenvalue weighted by molar-refractivity contribution is 7.15. The normalized spacial score (nSPS) is 10.7. The van der Waals surface area contributed by atoms with Gasteiger partial charge in [0.05, 0.1) is 25.8 Å². The van der Waals surface area contributed by atoms with E-state index in [1.807, 2.05) is 40.2 Å². The lowest BCUT2D eigenvalue weighted by molar-refractivity contribution is -0.119. The number of thiazole rings is 1. The zero-order valence-corrected chi connectivity index (χ0v) is 19.1. The molecule has 0 aliphatic rings. The number of nitrogens with one attached hydrogen (secondary N) is 2. The second-order valence-corrected chi connectivity index (χ2v) is 8.15. The minimum Gasteiger partial charge on any atom is -0.497 e. The largest absolute Gasteiger partial charge is 0.497 e. The number of anilines is 1. The maximum atomic E-state index is 12.6. The van der Waals surface area contributed by atoms with E-state index in [1.165, 1.54) is 18.3 Å². The third-order valence-corrected chi connectivity index (χ3v) is 5.78. The summed E-state index contributed by atoms with van der Waals surface area (Å²) in [4.78, 5) is 29.0. The second kappa shape index (κ2) is 10.2. The number of imidazole rings is 1. The summed E-state index contributed by atoms with van der Waals surface area (Å²) in [5.41, 5.74) is 3.39. The van der Waals surface area contributed by atoms with Crippen molar-refractivity contribution in [2.45, 2.75) is 13.3 Å². The molecule has 0 saturated carbocycles. The van der Waals surface area contributed by atoms with Crippen molar-refractivity contribution in [3.63, 3.8) is 0 Å². The number of hydrogen-bond acceptors (Lipinski definition) is 6. The van der Waals surface area contributed by atoms with E-state index in [0.29, 0.717) is 24.6 Å². The van der Waals surface area contributed by atoms with Crippen LogP contribution in [0.1, 0.15) is 12.6 Å². The average molecular weight is 465 g/mol. The van der Waals surface area contributed by atoms with Gasteiger partial charge in [-0.2, -0.15) is 0 Å². The number of ether oxygens (including phenoxy) is 2. The first-order valence-electron chi connectivity index (χ1n) is 10.4. The monoisotopic (exact) mass is 464 g/mol. The highest BCUT2D eigenvalue weighted by Gasteiger charge is 2.13. The van der Waals surface area contributed by atoms with Crippen molar-refractivity contribution in [3.05, 3.63) is 65.8 Å². The fourth-order valence-corrected chi connectivity index (χ4v) is 4.13. The van der Waals surface area contributed by atoms with Crippen molar-refractivity contribution in [2.75, 3.05) is 25.6 Å². The molecule has 8 nitrogen and oxygen atoms in total. The number of fused-ring (bicyclic) bond motifs is 1. The highest BCUT2D eigenvalue weighted by Crippen LogP contribution is 2.26. The van der Waals surface area contributed by atoms with Crippen molar-refractivity contribution in [2.24, 2.45) is 0 Å². The minimum atomic E-state index is -0.117. The molecule has 4 aromatic rings. The summed E-state index contributed by atoms with van der Waals surface area (Å²) in [5, 5.41) is 7.53. The van der Waals surface area contributed by atoms with Crippen molar-refractivity contribution >= 4 is 33.8 Å². The second-order valence-electron chi connectivity index (χ2n) is 7.32. The van der Waals surface area contributed by atoms with Crippen LogP contribution in [0.25, 0.3) is 16.2 Å². The van der Waals surface area contributed by atoms with E-state index < -0.39 is 0 Å². The van der Waals surface area contributed by atoms with Crippen molar-refractivity contribution in [1.82, 2.24) is 14.7 Å². The van der Waals surface area contributed by atoms with Gasteiger partial charge in [-0.3, -0.25) is 14.0 Å².